The van der Waals surface area contributed by atoms with Gasteiger partial charge in [-0.1, -0.05) is 5.10 Å². The second-order valence-corrected chi connectivity index (χ2v) is 3.42. The topological polar surface area (TPSA) is 88.4 Å². The van der Waals surface area contributed by atoms with Crippen molar-refractivity contribution in [3.63, 3.8) is 0 Å². The van der Waals surface area contributed by atoms with E-state index in [0.29, 0.717) is 18.5 Å². The summed E-state index contributed by atoms with van der Waals surface area (Å²) < 4.78 is 5.29. The van der Waals surface area contributed by atoms with Crippen LogP contribution in [0.15, 0.2) is 4.42 Å². The van der Waals surface area contributed by atoms with Crippen LogP contribution in [0.25, 0.3) is 0 Å². The van der Waals surface area contributed by atoms with Gasteiger partial charge in [-0.2, -0.15) is 0 Å². The maximum atomic E-state index is 9.45. The Morgan fingerprint density at radius 1 is 1.57 bits per heavy atom. The quantitative estimate of drug-likeness (QED) is 0.665. The van der Waals surface area contributed by atoms with E-state index < -0.39 is 0 Å². The molecule has 1 aliphatic rings. The average Bonchev–Trinajstić information content (AvgIpc) is 2.66. The fourth-order valence-electron chi connectivity index (χ4n) is 1.58. The van der Waals surface area contributed by atoms with Crippen LogP contribution in [0, 0.1) is 0 Å². The van der Waals surface area contributed by atoms with Crippen molar-refractivity contribution in [2.24, 2.45) is 5.73 Å². The SMILES string of the molecule is NCc1nnc(N2CCCC(O)C2)o1. The molecule has 0 amide bonds. The van der Waals surface area contributed by atoms with Gasteiger partial charge in [0.2, 0.25) is 5.89 Å². The fraction of sp³-hybridized carbons (Fsp3) is 0.750. The van der Waals surface area contributed by atoms with Gasteiger partial charge in [0, 0.05) is 13.1 Å². The standard InChI is InChI=1S/C8H14N4O2/c9-4-7-10-11-8(14-7)12-3-1-2-6(13)5-12/h6,13H,1-5,9H2. The number of aliphatic hydroxyl groups excluding tert-OH is 1. The zero-order chi connectivity index (χ0) is 9.97. The van der Waals surface area contributed by atoms with E-state index in [2.05, 4.69) is 10.2 Å². The molecular formula is C8H14N4O2. The lowest BCUT2D eigenvalue weighted by atomic mass is 10.1. The minimum atomic E-state index is -0.294. The van der Waals surface area contributed by atoms with Gasteiger partial charge in [-0.25, -0.2) is 0 Å². The van der Waals surface area contributed by atoms with E-state index in [0.717, 1.165) is 19.4 Å². The summed E-state index contributed by atoms with van der Waals surface area (Å²) in [5, 5.41) is 17.1. The second-order valence-electron chi connectivity index (χ2n) is 3.42. The van der Waals surface area contributed by atoms with Crippen LogP contribution in [0.1, 0.15) is 18.7 Å². The third-order valence-electron chi connectivity index (χ3n) is 2.30. The van der Waals surface area contributed by atoms with Crippen molar-refractivity contribution >= 4 is 6.01 Å². The summed E-state index contributed by atoms with van der Waals surface area (Å²) in [6.07, 6.45) is 1.49. The third kappa shape index (κ3) is 1.85. The van der Waals surface area contributed by atoms with Crippen LogP contribution < -0.4 is 10.6 Å². The van der Waals surface area contributed by atoms with Crippen molar-refractivity contribution < 1.29 is 9.52 Å². The second kappa shape index (κ2) is 3.93. The number of aliphatic hydroxyl groups is 1. The number of hydrogen-bond acceptors (Lipinski definition) is 6. The third-order valence-corrected chi connectivity index (χ3v) is 2.30. The molecule has 6 heteroatoms. The van der Waals surface area contributed by atoms with E-state index in [1.165, 1.54) is 0 Å². The van der Waals surface area contributed by atoms with Crippen molar-refractivity contribution in [1.29, 1.82) is 0 Å². The smallest absolute Gasteiger partial charge is 0.318 e. The first-order valence-corrected chi connectivity index (χ1v) is 4.75. The van der Waals surface area contributed by atoms with Crippen LogP contribution in [-0.2, 0) is 6.54 Å². The number of β-amino-alcohol motifs (C(OH)–C–C–N with tert-alkyl or cyclic N) is 1. The largest absolute Gasteiger partial charge is 0.407 e. The molecule has 2 rings (SSSR count). The molecular weight excluding hydrogens is 184 g/mol. The lowest BCUT2D eigenvalue weighted by molar-refractivity contribution is 0.151. The summed E-state index contributed by atoms with van der Waals surface area (Å²) in [5.41, 5.74) is 5.36. The van der Waals surface area contributed by atoms with Crippen LogP contribution in [0.2, 0.25) is 0 Å². The highest BCUT2D eigenvalue weighted by Crippen LogP contribution is 2.18. The zero-order valence-corrected chi connectivity index (χ0v) is 7.89. The molecule has 1 atom stereocenters. The lowest BCUT2D eigenvalue weighted by Crippen LogP contribution is -2.38. The summed E-state index contributed by atoms with van der Waals surface area (Å²) in [4.78, 5) is 1.89. The first-order valence-electron chi connectivity index (χ1n) is 4.75. The number of rotatable bonds is 2. The summed E-state index contributed by atoms with van der Waals surface area (Å²) in [5.74, 6) is 0.431. The van der Waals surface area contributed by atoms with E-state index >= 15 is 0 Å². The van der Waals surface area contributed by atoms with E-state index in [1.807, 2.05) is 4.90 Å². The number of nitrogens with two attached hydrogens (primary N) is 1. The van der Waals surface area contributed by atoms with Crippen LogP contribution in [0.5, 0.6) is 0 Å². The minimum absolute atomic E-state index is 0.253. The number of hydrogen-bond donors (Lipinski definition) is 2. The molecule has 0 saturated carbocycles. The van der Waals surface area contributed by atoms with Gasteiger partial charge in [0.1, 0.15) is 0 Å². The normalized spacial score (nSPS) is 22.7. The first kappa shape index (κ1) is 9.42. The van der Waals surface area contributed by atoms with Gasteiger partial charge in [-0.3, -0.25) is 0 Å². The Morgan fingerprint density at radius 3 is 3.07 bits per heavy atom. The van der Waals surface area contributed by atoms with E-state index in [9.17, 15) is 5.11 Å². The van der Waals surface area contributed by atoms with Crippen molar-refractivity contribution in [2.75, 3.05) is 18.0 Å². The molecule has 6 nitrogen and oxygen atoms in total. The zero-order valence-electron chi connectivity index (χ0n) is 7.89. The molecule has 0 aromatic carbocycles. The van der Waals surface area contributed by atoms with E-state index in [4.69, 9.17) is 10.2 Å². The Hall–Kier alpha value is -1.14. The molecule has 1 fully saturated rings. The highest BCUT2D eigenvalue weighted by atomic mass is 16.4. The molecule has 1 unspecified atom stereocenters. The number of piperidine rings is 1. The Balaban J connectivity index is 2.06. The molecule has 0 radical (unpaired) electrons. The Morgan fingerprint density at radius 2 is 2.43 bits per heavy atom. The van der Waals surface area contributed by atoms with Gasteiger partial charge < -0.3 is 20.2 Å². The van der Waals surface area contributed by atoms with E-state index in [-0.39, 0.29) is 12.6 Å². The van der Waals surface area contributed by atoms with Gasteiger partial charge in [0.15, 0.2) is 0 Å². The highest BCUT2D eigenvalue weighted by Gasteiger charge is 2.21. The van der Waals surface area contributed by atoms with Crippen LogP contribution >= 0.6 is 0 Å². The Kier molecular flexibility index (Phi) is 2.64. The molecule has 0 spiro atoms. The van der Waals surface area contributed by atoms with Crippen LogP contribution in [0.3, 0.4) is 0 Å². The molecule has 1 aromatic rings. The van der Waals surface area contributed by atoms with Gasteiger partial charge in [-0.15, -0.1) is 5.10 Å². The maximum absolute atomic E-state index is 9.45. The van der Waals surface area contributed by atoms with Gasteiger partial charge >= 0.3 is 6.01 Å². The van der Waals surface area contributed by atoms with Gasteiger partial charge in [0.25, 0.3) is 0 Å². The molecule has 1 saturated heterocycles. The average molecular weight is 198 g/mol. The molecule has 0 aliphatic carbocycles. The molecule has 0 bridgehead atoms. The molecule has 78 valence electrons. The Labute approximate surface area is 81.7 Å². The summed E-state index contributed by atoms with van der Waals surface area (Å²) >= 11 is 0. The number of aromatic nitrogens is 2. The maximum Gasteiger partial charge on any atom is 0.318 e. The molecule has 3 N–H and O–H groups in total. The van der Waals surface area contributed by atoms with Crippen LogP contribution in [-0.4, -0.2) is 34.5 Å². The molecule has 2 heterocycles. The summed E-state index contributed by atoms with van der Waals surface area (Å²) in [6.45, 7) is 1.67. The van der Waals surface area contributed by atoms with Gasteiger partial charge in [-0.05, 0) is 12.8 Å². The van der Waals surface area contributed by atoms with Crippen molar-refractivity contribution in [3.05, 3.63) is 5.89 Å². The minimum Gasteiger partial charge on any atom is -0.407 e. The molecule has 14 heavy (non-hydrogen) atoms. The predicted molar refractivity (Wildman–Crippen MR) is 49.6 cm³/mol. The Bertz CT molecular complexity index is 301. The van der Waals surface area contributed by atoms with Crippen LogP contribution in [0.4, 0.5) is 6.01 Å². The summed E-state index contributed by atoms with van der Waals surface area (Å²) in [6, 6.07) is 0.462. The fourth-order valence-corrected chi connectivity index (χ4v) is 1.58. The predicted octanol–water partition coefficient (Wildman–Crippen LogP) is -0.511. The number of anilines is 1. The molecule has 1 aliphatic heterocycles. The van der Waals surface area contributed by atoms with Gasteiger partial charge in [0.05, 0.1) is 12.6 Å². The highest BCUT2D eigenvalue weighted by molar-refractivity contribution is 5.25. The number of nitrogens with zero attached hydrogens (tertiary/aromatic N) is 3. The van der Waals surface area contributed by atoms with Crippen molar-refractivity contribution in [1.82, 2.24) is 10.2 Å². The van der Waals surface area contributed by atoms with E-state index in [1.54, 1.807) is 0 Å². The summed E-state index contributed by atoms with van der Waals surface area (Å²) in [7, 11) is 0. The first-order chi connectivity index (χ1) is 6.79. The lowest BCUT2D eigenvalue weighted by Gasteiger charge is -2.28. The van der Waals surface area contributed by atoms with Crippen molar-refractivity contribution in [3.8, 4) is 0 Å². The van der Waals surface area contributed by atoms with Crippen molar-refractivity contribution in [2.45, 2.75) is 25.5 Å². The molecule has 1 aromatic heterocycles. The monoisotopic (exact) mass is 198 g/mol.